The van der Waals surface area contributed by atoms with Gasteiger partial charge in [0.05, 0.1) is 6.54 Å². The molecule has 0 radical (unpaired) electrons. The lowest BCUT2D eigenvalue weighted by Crippen LogP contribution is -2.41. The average molecular weight is 245 g/mol. The molecule has 5 fully saturated rings. The SMILES string of the molecule is CC1C2CCC3(C1C1CCC4C1C43)C2(C)CN=O. The van der Waals surface area contributed by atoms with Crippen LogP contribution in [0.1, 0.15) is 39.5 Å². The third-order valence-corrected chi connectivity index (χ3v) is 8.55. The molecular formula is C16H23NO. The van der Waals surface area contributed by atoms with Crippen molar-refractivity contribution in [3.05, 3.63) is 4.91 Å². The Morgan fingerprint density at radius 3 is 2.61 bits per heavy atom. The van der Waals surface area contributed by atoms with Gasteiger partial charge in [0, 0.05) is 0 Å². The molecule has 0 aromatic rings. The van der Waals surface area contributed by atoms with Gasteiger partial charge in [0.25, 0.3) is 0 Å². The van der Waals surface area contributed by atoms with Crippen LogP contribution in [-0.2, 0) is 0 Å². The molecule has 98 valence electrons. The molecular weight excluding hydrogens is 222 g/mol. The van der Waals surface area contributed by atoms with E-state index in [1.165, 1.54) is 25.7 Å². The summed E-state index contributed by atoms with van der Waals surface area (Å²) >= 11 is 0. The molecule has 9 atom stereocenters. The van der Waals surface area contributed by atoms with Crippen molar-refractivity contribution in [2.45, 2.75) is 39.5 Å². The summed E-state index contributed by atoms with van der Waals surface area (Å²) < 4.78 is 0. The fourth-order valence-electron chi connectivity index (χ4n) is 8.47. The molecule has 0 aromatic heterocycles. The highest BCUT2D eigenvalue weighted by Crippen LogP contribution is 2.89. The predicted octanol–water partition coefficient (Wildman–Crippen LogP) is 3.71. The molecule has 2 bridgehead atoms. The highest BCUT2D eigenvalue weighted by atomic mass is 16.3. The number of nitrogens with zero attached hydrogens (tertiary/aromatic N) is 1. The average Bonchev–Trinajstić information content (AvgIpc) is 2.58. The van der Waals surface area contributed by atoms with E-state index in [4.69, 9.17) is 0 Å². The molecule has 0 heterocycles. The lowest BCUT2D eigenvalue weighted by molar-refractivity contribution is 0.0460. The molecule has 0 amide bonds. The second-order valence-corrected chi connectivity index (χ2v) is 8.28. The molecule has 0 aliphatic heterocycles. The van der Waals surface area contributed by atoms with E-state index in [0.717, 1.165) is 41.4 Å². The van der Waals surface area contributed by atoms with Gasteiger partial charge in [-0.15, -0.1) is 0 Å². The molecule has 5 aliphatic rings. The maximum absolute atomic E-state index is 11.0. The van der Waals surface area contributed by atoms with Crippen molar-refractivity contribution in [1.29, 1.82) is 0 Å². The van der Waals surface area contributed by atoms with E-state index in [-0.39, 0.29) is 5.41 Å². The quantitative estimate of drug-likeness (QED) is 0.682. The predicted molar refractivity (Wildman–Crippen MR) is 69.8 cm³/mol. The van der Waals surface area contributed by atoms with E-state index in [2.05, 4.69) is 19.0 Å². The Hall–Kier alpha value is -0.400. The van der Waals surface area contributed by atoms with E-state index in [1.54, 1.807) is 0 Å². The standard InChI is InChI=1S/C16H23NO/c1-8-11-5-6-16(15(11,2)7-17-18)13(8)9-3-4-10-12(9)14(10)16/h8-14H,3-7H2,1-2H3. The first-order valence-corrected chi connectivity index (χ1v) is 7.96. The van der Waals surface area contributed by atoms with Gasteiger partial charge in [0.15, 0.2) is 0 Å². The van der Waals surface area contributed by atoms with Gasteiger partial charge in [-0.2, -0.15) is 4.91 Å². The van der Waals surface area contributed by atoms with Gasteiger partial charge in [-0.1, -0.05) is 19.0 Å². The van der Waals surface area contributed by atoms with E-state index in [0.29, 0.717) is 12.0 Å². The van der Waals surface area contributed by atoms with Gasteiger partial charge in [-0.05, 0) is 77.9 Å². The van der Waals surface area contributed by atoms with Crippen LogP contribution in [-0.4, -0.2) is 6.54 Å². The zero-order valence-electron chi connectivity index (χ0n) is 11.4. The Kier molecular flexibility index (Phi) is 1.57. The molecule has 1 spiro atoms. The molecule has 9 unspecified atom stereocenters. The Morgan fingerprint density at radius 1 is 1.17 bits per heavy atom. The van der Waals surface area contributed by atoms with Crippen molar-refractivity contribution < 1.29 is 0 Å². The van der Waals surface area contributed by atoms with Gasteiger partial charge in [0.1, 0.15) is 0 Å². The summed E-state index contributed by atoms with van der Waals surface area (Å²) in [5.41, 5.74) is 0.803. The topological polar surface area (TPSA) is 29.4 Å². The lowest BCUT2D eigenvalue weighted by Gasteiger charge is -2.43. The smallest absolute Gasteiger partial charge is 0.0873 e. The Morgan fingerprint density at radius 2 is 1.89 bits per heavy atom. The number of rotatable bonds is 2. The van der Waals surface area contributed by atoms with Crippen molar-refractivity contribution in [2.75, 3.05) is 6.54 Å². The van der Waals surface area contributed by atoms with Crippen LogP contribution in [0.25, 0.3) is 0 Å². The van der Waals surface area contributed by atoms with Crippen LogP contribution in [0.5, 0.6) is 0 Å². The highest BCUT2D eigenvalue weighted by Gasteiger charge is 2.85. The molecule has 18 heavy (non-hydrogen) atoms. The first-order valence-electron chi connectivity index (χ1n) is 7.96. The molecule has 5 aliphatic carbocycles. The molecule has 0 aromatic carbocycles. The van der Waals surface area contributed by atoms with Crippen LogP contribution in [0.4, 0.5) is 0 Å². The molecule has 5 rings (SSSR count). The van der Waals surface area contributed by atoms with Gasteiger partial charge in [-0.3, -0.25) is 0 Å². The van der Waals surface area contributed by atoms with E-state index < -0.39 is 0 Å². The summed E-state index contributed by atoms with van der Waals surface area (Å²) in [6.07, 6.45) is 5.80. The van der Waals surface area contributed by atoms with Gasteiger partial charge in [-0.25, -0.2) is 0 Å². The number of hydrogen-bond donors (Lipinski definition) is 0. The minimum Gasteiger partial charge on any atom is -0.151 e. The van der Waals surface area contributed by atoms with Crippen molar-refractivity contribution in [3.8, 4) is 0 Å². The van der Waals surface area contributed by atoms with Crippen LogP contribution in [0.2, 0.25) is 0 Å². The van der Waals surface area contributed by atoms with Crippen LogP contribution in [0, 0.1) is 57.2 Å². The molecule has 5 saturated carbocycles. The van der Waals surface area contributed by atoms with Crippen molar-refractivity contribution in [3.63, 3.8) is 0 Å². The summed E-state index contributed by atoms with van der Waals surface area (Å²) in [6.45, 7) is 5.53. The zero-order chi connectivity index (χ0) is 12.3. The van der Waals surface area contributed by atoms with E-state index in [1.807, 2.05) is 0 Å². The zero-order valence-corrected chi connectivity index (χ0v) is 11.4. The summed E-state index contributed by atoms with van der Waals surface area (Å²) in [4.78, 5) is 11.0. The third-order valence-electron chi connectivity index (χ3n) is 8.55. The van der Waals surface area contributed by atoms with Crippen LogP contribution < -0.4 is 0 Å². The van der Waals surface area contributed by atoms with Crippen molar-refractivity contribution >= 4 is 0 Å². The normalized spacial score (nSPS) is 70.2. The fraction of sp³-hybridized carbons (Fsp3) is 1.00. The highest BCUT2D eigenvalue weighted by molar-refractivity contribution is 5.32. The minimum atomic E-state index is 0.260. The van der Waals surface area contributed by atoms with E-state index in [9.17, 15) is 4.91 Å². The monoisotopic (exact) mass is 245 g/mol. The number of fused-ring (bicyclic) bond motifs is 3. The van der Waals surface area contributed by atoms with Crippen molar-refractivity contribution in [1.82, 2.24) is 0 Å². The first-order chi connectivity index (χ1) is 8.67. The largest absolute Gasteiger partial charge is 0.151 e. The molecule has 0 N–H and O–H groups in total. The first kappa shape index (κ1) is 10.4. The fourth-order valence-corrected chi connectivity index (χ4v) is 8.47. The summed E-state index contributed by atoms with van der Waals surface area (Å²) in [5.74, 6) is 6.78. The Balaban J connectivity index is 1.70. The van der Waals surface area contributed by atoms with Crippen molar-refractivity contribution in [2.24, 2.45) is 57.4 Å². The Labute approximate surface area is 109 Å². The van der Waals surface area contributed by atoms with Gasteiger partial charge >= 0.3 is 0 Å². The second kappa shape index (κ2) is 2.71. The van der Waals surface area contributed by atoms with Crippen LogP contribution >= 0.6 is 0 Å². The third kappa shape index (κ3) is 0.728. The Bertz CT molecular complexity index is 448. The molecule has 0 saturated heterocycles. The number of hydrogen-bond acceptors (Lipinski definition) is 2. The van der Waals surface area contributed by atoms with E-state index >= 15 is 0 Å². The molecule has 2 nitrogen and oxygen atoms in total. The summed E-state index contributed by atoms with van der Waals surface area (Å²) in [5, 5.41) is 3.39. The summed E-state index contributed by atoms with van der Waals surface area (Å²) in [7, 11) is 0. The minimum absolute atomic E-state index is 0.260. The second-order valence-electron chi connectivity index (χ2n) is 8.28. The molecule has 2 heteroatoms. The summed E-state index contributed by atoms with van der Waals surface area (Å²) in [6, 6.07) is 0. The van der Waals surface area contributed by atoms with Gasteiger partial charge < -0.3 is 0 Å². The lowest BCUT2D eigenvalue weighted by atomic mass is 9.61. The maximum atomic E-state index is 11.0. The van der Waals surface area contributed by atoms with Crippen LogP contribution in [0.15, 0.2) is 5.18 Å². The maximum Gasteiger partial charge on any atom is 0.0873 e. The van der Waals surface area contributed by atoms with Crippen LogP contribution in [0.3, 0.4) is 0 Å². The number of nitroso groups, excluding NO2 is 1. The van der Waals surface area contributed by atoms with Gasteiger partial charge in [0.2, 0.25) is 0 Å².